The van der Waals surface area contributed by atoms with Crippen LogP contribution in [-0.4, -0.2) is 22.9 Å². The van der Waals surface area contributed by atoms with E-state index >= 15 is 0 Å². The van der Waals surface area contributed by atoms with Crippen LogP contribution < -0.4 is 11.1 Å². The molecule has 3 rings (SSSR count). The van der Waals surface area contributed by atoms with Crippen molar-refractivity contribution in [3.63, 3.8) is 0 Å². The molecule has 1 aromatic carbocycles. The minimum Gasteiger partial charge on any atom is -0.329 e. The van der Waals surface area contributed by atoms with Gasteiger partial charge in [-0.1, -0.05) is 25.1 Å². The molecule has 0 aliphatic heterocycles. The van der Waals surface area contributed by atoms with E-state index in [9.17, 15) is 0 Å². The van der Waals surface area contributed by atoms with E-state index in [1.807, 2.05) is 29.1 Å². The molecule has 1 heterocycles. The highest BCUT2D eigenvalue weighted by Crippen LogP contribution is 2.36. The van der Waals surface area contributed by atoms with Crippen molar-refractivity contribution < 1.29 is 0 Å². The Labute approximate surface area is 126 Å². The standard InChI is InChI=1S/C17H24N4/c1-13(14-7-8-14)10-19-17(9-18)15-11-20-21(12-15)16-5-3-2-4-6-16/h2-6,11-14,17,19H,7-10,18H2,1H3. The van der Waals surface area contributed by atoms with Gasteiger partial charge in [0, 0.05) is 24.3 Å². The second kappa shape index (κ2) is 6.41. The number of hydrogen-bond acceptors (Lipinski definition) is 3. The minimum absolute atomic E-state index is 0.184. The zero-order valence-corrected chi connectivity index (χ0v) is 12.6. The van der Waals surface area contributed by atoms with Gasteiger partial charge in [-0.3, -0.25) is 0 Å². The number of nitrogens with two attached hydrogens (primary N) is 1. The molecule has 21 heavy (non-hydrogen) atoms. The predicted molar refractivity (Wildman–Crippen MR) is 85.3 cm³/mol. The number of rotatable bonds is 7. The van der Waals surface area contributed by atoms with Gasteiger partial charge in [0.05, 0.1) is 11.9 Å². The molecule has 3 N–H and O–H groups in total. The molecule has 4 nitrogen and oxygen atoms in total. The molecule has 1 aliphatic carbocycles. The van der Waals surface area contributed by atoms with Crippen LogP contribution in [-0.2, 0) is 0 Å². The molecule has 0 spiro atoms. The number of para-hydroxylation sites is 1. The molecule has 112 valence electrons. The zero-order chi connectivity index (χ0) is 14.7. The molecule has 0 bridgehead atoms. The van der Waals surface area contributed by atoms with Gasteiger partial charge in [0.1, 0.15) is 0 Å². The third-order valence-electron chi connectivity index (χ3n) is 4.37. The van der Waals surface area contributed by atoms with E-state index < -0.39 is 0 Å². The van der Waals surface area contributed by atoms with Crippen LogP contribution in [0.2, 0.25) is 0 Å². The van der Waals surface area contributed by atoms with E-state index in [0.717, 1.165) is 29.6 Å². The first kappa shape index (κ1) is 14.3. The number of nitrogens with one attached hydrogen (secondary N) is 1. The lowest BCUT2D eigenvalue weighted by Crippen LogP contribution is -2.31. The normalized spacial score (nSPS) is 17.6. The Morgan fingerprint density at radius 2 is 2.10 bits per heavy atom. The van der Waals surface area contributed by atoms with Gasteiger partial charge in [0.25, 0.3) is 0 Å². The highest BCUT2D eigenvalue weighted by atomic mass is 15.3. The monoisotopic (exact) mass is 284 g/mol. The quantitative estimate of drug-likeness (QED) is 0.821. The van der Waals surface area contributed by atoms with Crippen molar-refractivity contribution in [3.05, 3.63) is 48.3 Å². The molecule has 1 fully saturated rings. The summed E-state index contributed by atoms with van der Waals surface area (Å²) >= 11 is 0. The molecule has 2 unspecified atom stereocenters. The van der Waals surface area contributed by atoms with E-state index in [1.54, 1.807) is 0 Å². The molecule has 1 aliphatic rings. The van der Waals surface area contributed by atoms with Gasteiger partial charge in [0.15, 0.2) is 0 Å². The maximum absolute atomic E-state index is 5.93. The fourth-order valence-corrected chi connectivity index (χ4v) is 2.74. The summed E-state index contributed by atoms with van der Waals surface area (Å²) in [6.45, 7) is 3.95. The second-order valence-electron chi connectivity index (χ2n) is 6.07. The Bertz CT molecular complexity index is 559. The fraction of sp³-hybridized carbons (Fsp3) is 0.471. The number of nitrogens with zero attached hydrogens (tertiary/aromatic N) is 2. The van der Waals surface area contributed by atoms with Gasteiger partial charge in [-0.25, -0.2) is 4.68 Å². The lowest BCUT2D eigenvalue weighted by Gasteiger charge is -2.18. The van der Waals surface area contributed by atoms with E-state index in [2.05, 4.69) is 35.7 Å². The Balaban J connectivity index is 1.65. The van der Waals surface area contributed by atoms with E-state index in [1.165, 1.54) is 12.8 Å². The van der Waals surface area contributed by atoms with Gasteiger partial charge in [-0.05, 0) is 43.4 Å². The van der Waals surface area contributed by atoms with Gasteiger partial charge >= 0.3 is 0 Å². The lowest BCUT2D eigenvalue weighted by molar-refractivity contribution is 0.422. The summed E-state index contributed by atoms with van der Waals surface area (Å²) in [6, 6.07) is 10.3. The highest BCUT2D eigenvalue weighted by molar-refractivity contribution is 5.31. The van der Waals surface area contributed by atoms with Crippen molar-refractivity contribution in [3.8, 4) is 5.69 Å². The van der Waals surface area contributed by atoms with Gasteiger partial charge in [-0.2, -0.15) is 5.10 Å². The second-order valence-corrected chi connectivity index (χ2v) is 6.07. The predicted octanol–water partition coefficient (Wildman–Crippen LogP) is 2.51. The number of aromatic nitrogens is 2. The molecule has 2 atom stereocenters. The Morgan fingerprint density at radius 3 is 2.76 bits per heavy atom. The minimum atomic E-state index is 0.184. The third kappa shape index (κ3) is 3.52. The molecule has 0 amide bonds. The lowest BCUT2D eigenvalue weighted by atomic mass is 10.1. The van der Waals surface area contributed by atoms with Crippen LogP contribution in [0.5, 0.6) is 0 Å². The Hall–Kier alpha value is -1.65. The summed E-state index contributed by atoms with van der Waals surface area (Å²) < 4.78 is 1.91. The maximum atomic E-state index is 5.93. The van der Waals surface area contributed by atoms with Crippen molar-refractivity contribution in [2.75, 3.05) is 13.1 Å². The van der Waals surface area contributed by atoms with Crippen molar-refractivity contribution in [2.45, 2.75) is 25.8 Å². The maximum Gasteiger partial charge on any atom is 0.0645 e. The average Bonchev–Trinajstić information content (AvgIpc) is 3.27. The molecule has 4 heteroatoms. The van der Waals surface area contributed by atoms with E-state index in [0.29, 0.717) is 6.54 Å². The summed E-state index contributed by atoms with van der Waals surface area (Å²) in [5.41, 5.74) is 8.16. The van der Waals surface area contributed by atoms with Gasteiger partial charge in [-0.15, -0.1) is 0 Å². The summed E-state index contributed by atoms with van der Waals surface area (Å²) in [4.78, 5) is 0. The first-order chi connectivity index (χ1) is 10.3. The zero-order valence-electron chi connectivity index (χ0n) is 12.6. The fourth-order valence-electron chi connectivity index (χ4n) is 2.74. The summed E-state index contributed by atoms with van der Waals surface area (Å²) in [5, 5.41) is 8.04. The first-order valence-corrected chi connectivity index (χ1v) is 7.81. The topological polar surface area (TPSA) is 55.9 Å². The first-order valence-electron chi connectivity index (χ1n) is 7.81. The molecule has 0 saturated heterocycles. The molecule has 0 radical (unpaired) electrons. The molecular weight excluding hydrogens is 260 g/mol. The largest absolute Gasteiger partial charge is 0.329 e. The average molecular weight is 284 g/mol. The summed E-state index contributed by atoms with van der Waals surface area (Å²) in [7, 11) is 0. The van der Waals surface area contributed by atoms with Gasteiger partial charge in [0.2, 0.25) is 0 Å². The van der Waals surface area contributed by atoms with Gasteiger partial charge < -0.3 is 11.1 Å². The van der Waals surface area contributed by atoms with Crippen molar-refractivity contribution in [1.29, 1.82) is 0 Å². The van der Waals surface area contributed by atoms with Crippen LogP contribution >= 0.6 is 0 Å². The van der Waals surface area contributed by atoms with Crippen LogP contribution in [0.4, 0.5) is 0 Å². The van der Waals surface area contributed by atoms with Crippen molar-refractivity contribution in [1.82, 2.24) is 15.1 Å². The third-order valence-corrected chi connectivity index (χ3v) is 4.37. The van der Waals surface area contributed by atoms with E-state index in [4.69, 9.17) is 5.73 Å². The summed E-state index contributed by atoms with van der Waals surface area (Å²) in [5.74, 6) is 1.66. The van der Waals surface area contributed by atoms with Crippen LogP contribution in [0.3, 0.4) is 0 Å². The summed E-state index contributed by atoms with van der Waals surface area (Å²) in [6.07, 6.45) is 6.77. The van der Waals surface area contributed by atoms with Crippen LogP contribution in [0.1, 0.15) is 31.4 Å². The Morgan fingerprint density at radius 1 is 1.33 bits per heavy atom. The molecule has 1 aromatic heterocycles. The number of benzene rings is 1. The molecular formula is C17H24N4. The molecule has 1 saturated carbocycles. The van der Waals surface area contributed by atoms with Crippen LogP contribution in [0.15, 0.2) is 42.7 Å². The van der Waals surface area contributed by atoms with Crippen LogP contribution in [0, 0.1) is 11.8 Å². The SMILES string of the molecule is CC(CNC(CN)c1cnn(-c2ccccc2)c1)C1CC1. The smallest absolute Gasteiger partial charge is 0.0645 e. The van der Waals surface area contributed by atoms with Crippen molar-refractivity contribution in [2.24, 2.45) is 17.6 Å². The van der Waals surface area contributed by atoms with E-state index in [-0.39, 0.29) is 6.04 Å². The molecule has 2 aromatic rings. The number of hydrogen-bond donors (Lipinski definition) is 2. The highest BCUT2D eigenvalue weighted by Gasteiger charge is 2.28. The Kier molecular flexibility index (Phi) is 4.36. The van der Waals surface area contributed by atoms with Crippen LogP contribution in [0.25, 0.3) is 5.69 Å². The van der Waals surface area contributed by atoms with Crippen molar-refractivity contribution >= 4 is 0 Å².